The third-order valence-electron chi connectivity index (χ3n) is 4.39. The van der Waals surface area contributed by atoms with Gasteiger partial charge in [0.05, 0.1) is 0 Å². The highest BCUT2D eigenvalue weighted by Gasteiger charge is 2.38. The lowest BCUT2D eigenvalue weighted by Crippen LogP contribution is -2.45. The zero-order chi connectivity index (χ0) is 17.5. The SMILES string of the molecule is CC(C)(C)OC(=O)N1CCC(C)(c2nc3ccc(Br)cc3o2)CC1. The molecule has 1 fully saturated rings. The number of hydrogen-bond donors (Lipinski definition) is 0. The quantitative estimate of drug-likeness (QED) is 0.691. The molecule has 130 valence electrons. The Morgan fingerprint density at radius 3 is 2.62 bits per heavy atom. The Balaban J connectivity index is 1.72. The van der Waals surface area contributed by atoms with Crippen LogP contribution in [0, 0.1) is 0 Å². The van der Waals surface area contributed by atoms with E-state index in [1.54, 1.807) is 4.90 Å². The summed E-state index contributed by atoms with van der Waals surface area (Å²) in [7, 11) is 0. The third kappa shape index (κ3) is 3.58. The average Bonchev–Trinajstić information content (AvgIpc) is 2.90. The summed E-state index contributed by atoms with van der Waals surface area (Å²) in [6, 6.07) is 5.85. The maximum absolute atomic E-state index is 12.2. The van der Waals surface area contributed by atoms with Crippen LogP contribution in [-0.4, -0.2) is 34.7 Å². The maximum Gasteiger partial charge on any atom is 0.410 e. The van der Waals surface area contributed by atoms with Crippen LogP contribution in [0.4, 0.5) is 4.79 Å². The molecule has 5 nitrogen and oxygen atoms in total. The van der Waals surface area contributed by atoms with E-state index in [-0.39, 0.29) is 11.5 Å². The van der Waals surface area contributed by atoms with Crippen molar-refractivity contribution in [1.82, 2.24) is 9.88 Å². The predicted octanol–water partition coefficient (Wildman–Crippen LogP) is 4.88. The van der Waals surface area contributed by atoms with Gasteiger partial charge in [-0.3, -0.25) is 0 Å². The van der Waals surface area contributed by atoms with Crippen LogP contribution in [0.5, 0.6) is 0 Å². The van der Waals surface area contributed by atoms with Gasteiger partial charge in [0.25, 0.3) is 0 Å². The lowest BCUT2D eigenvalue weighted by atomic mass is 9.80. The lowest BCUT2D eigenvalue weighted by molar-refractivity contribution is 0.0160. The number of hydrogen-bond acceptors (Lipinski definition) is 4. The van der Waals surface area contributed by atoms with Gasteiger partial charge in [0, 0.05) is 23.0 Å². The number of likely N-dealkylation sites (tertiary alicyclic amines) is 1. The minimum atomic E-state index is -0.467. The molecule has 1 aliphatic rings. The number of carbonyl (C=O) groups is 1. The van der Waals surface area contributed by atoms with Gasteiger partial charge in [-0.05, 0) is 51.8 Å². The molecular formula is C18H23BrN2O3. The Hall–Kier alpha value is -1.56. The Morgan fingerprint density at radius 2 is 2.00 bits per heavy atom. The molecule has 3 rings (SSSR count). The number of carbonyl (C=O) groups excluding carboxylic acids is 1. The highest BCUT2D eigenvalue weighted by Crippen LogP contribution is 2.36. The van der Waals surface area contributed by atoms with Crippen LogP contribution >= 0.6 is 15.9 Å². The summed E-state index contributed by atoms with van der Waals surface area (Å²) < 4.78 is 12.4. The van der Waals surface area contributed by atoms with E-state index in [4.69, 9.17) is 9.15 Å². The summed E-state index contributed by atoms with van der Waals surface area (Å²) in [5, 5.41) is 0. The highest BCUT2D eigenvalue weighted by molar-refractivity contribution is 9.10. The second-order valence-electron chi connectivity index (χ2n) is 7.66. The van der Waals surface area contributed by atoms with Gasteiger partial charge in [-0.1, -0.05) is 22.9 Å². The Bertz CT molecular complexity index is 755. The van der Waals surface area contributed by atoms with Crippen molar-refractivity contribution in [3.05, 3.63) is 28.6 Å². The van der Waals surface area contributed by atoms with Crippen LogP contribution in [0.2, 0.25) is 0 Å². The number of rotatable bonds is 1. The molecular weight excluding hydrogens is 372 g/mol. The Kier molecular flexibility index (Phi) is 4.36. The van der Waals surface area contributed by atoms with Crippen molar-refractivity contribution < 1.29 is 13.9 Å². The van der Waals surface area contributed by atoms with Crippen LogP contribution < -0.4 is 0 Å². The molecule has 0 unspecified atom stereocenters. The first kappa shape index (κ1) is 17.3. The van der Waals surface area contributed by atoms with Crippen molar-refractivity contribution >= 4 is 33.1 Å². The average molecular weight is 395 g/mol. The van der Waals surface area contributed by atoms with Crippen molar-refractivity contribution in [3.63, 3.8) is 0 Å². The third-order valence-corrected chi connectivity index (χ3v) is 4.88. The fourth-order valence-corrected chi connectivity index (χ4v) is 3.22. The molecule has 0 bridgehead atoms. The number of benzene rings is 1. The van der Waals surface area contributed by atoms with Gasteiger partial charge in [-0.2, -0.15) is 0 Å². The zero-order valence-electron chi connectivity index (χ0n) is 14.6. The minimum Gasteiger partial charge on any atom is -0.444 e. The molecule has 1 aromatic carbocycles. The number of nitrogens with zero attached hydrogens (tertiary/aromatic N) is 2. The van der Waals surface area contributed by atoms with E-state index in [1.807, 2.05) is 39.0 Å². The number of ether oxygens (including phenoxy) is 1. The van der Waals surface area contributed by atoms with Crippen molar-refractivity contribution in [2.45, 2.75) is 51.6 Å². The molecule has 6 heteroatoms. The van der Waals surface area contributed by atoms with E-state index in [0.717, 1.165) is 34.3 Å². The van der Waals surface area contributed by atoms with Crippen LogP contribution in [0.25, 0.3) is 11.1 Å². The molecule has 0 N–H and O–H groups in total. The van der Waals surface area contributed by atoms with E-state index in [2.05, 4.69) is 27.8 Å². The van der Waals surface area contributed by atoms with Crippen molar-refractivity contribution in [2.75, 3.05) is 13.1 Å². The number of fused-ring (bicyclic) bond motifs is 1. The van der Waals surface area contributed by atoms with Gasteiger partial charge < -0.3 is 14.1 Å². The van der Waals surface area contributed by atoms with Gasteiger partial charge >= 0.3 is 6.09 Å². The van der Waals surface area contributed by atoms with Gasteiger partial charge in [0.15, 0.2) is 5.58 Å². The van der Waals surface area contributed by atoms with Gasteiger partial charge in [0.2, 0.25) is 5.89 Å². The minimum absolute atomic E-state index is 0.163. The summed E-state index contributed by atoms with van der Waals surface area (Å²) in [4.78, 5) is 18.6. The van der Waals surface area contributed by atoms with E-state index >= 15 is 0 Å². The molecule has 1 aromatic heterocycles. The number of amides is 1. The van der Waals surface area contributed by atoms with Crippen LogP contribution in [-0.2, 0) is 10.2 Å². The van der Waals surface area contributed by atoms with E-state index in [1.165, 1.54) is 0 Å². The van der Waals surface area contributed by atoms with E-state index in [0.29, 0.717) is 13.1 Å². The van der Waals surface area contributed by atoms with Gasteiger partial charge in [0.1, 0.15) is 11.1 Å². The molecule has 0 spiro atoms. The summed E-state index contributed by atoms with van der Waals surface area (Å²) in [5.41, 5.74) is 1.02. The molecule has 2 aromatic rings. The van der Waals surface area contributed by atoms with E-state index in [9.17, 15) is 4.79 Å². The number of piperidine rings is 1. The molecule has 1 amide bonds. The first-order valence-corrected chi connectivity index (χ1v) is 9.00. The molecule has 24 heavy (non-hydrogen) atoms. The van der Waals surface area contributed by atoms with Crippen LogP contribution in [0.15, 0.2) is 27.1 Å². The molecule has 0 aliphatic carbocycles. The number of halogens is 1. The summed E-state index contributed by atoms with van der Waals surface area (Å²) in [6.07, 6.45) is 1.37. The monoisotopic (exact) mass is 394 g/mol. The van der Waals surface area contributed by atoms with Crippen molar-refractivity contribution in [1.29, 1.82) is 0 Å². The lowest BCUT2D eigenvalue weighted by Gasteiger charge is -2.37. The summed E-state index contributed by atoms with van der Waals surface area (Å²) >= 11 is 3.45. The highest BCUT2D eigenvalue weighted by atomic mass is 79.9. The predicted molar refractivity (Wildman–Crippen MR) is 96.1 cm³/mol. The largest absolute Gasteiger partial charge is 0.444 e. The normalized spacial score (nSPS) is 18.0. The van der Waals surface area contributed by atoms with Gasteiger partial charge in [-0.25, -0.2) is 9.78 Å². The van der Waals surface area contributed by atoms with Crippen LogP contribution in [0.1, 0.15) is 46.4 Å². The zero-order valence-corrected chi connectivity index (χ0v) is 16.1. The molecule has 0 atom stereocenters. The molecule has 1 saturated heterocycles. The second kappa shape index (κ2) is 6.06. The molecule has 2 heterocycles. The molecule has 0 radical (unpaired) electrons. The Labute approximate surface area is 150 Å². The smallest absolute Gasteiger partial charge is 0.410 e. The molecule has 1 aliphatic heterocycles. The fourth-order valence-electron chi connectivity index (χ4n) is 2.88. The maximum atomic E-state index is 12.2. The first-order chi connectivity index (χ1) is 11.2. The Morgan fingerprint density at radius 1 is 1.33 bits per heavy atom. The number of oxazole rings is 1. The van der Waals surface area contributed by atoms with Crippen molar-refractivity contribution in [3.8, 4) is 0 Å². The fraction of sp³-hybridized carbons (Fsp3) is 0.556. The topological polar surface area (TPSA) is 55.6 Å². The standard InChI is InChI=1S/C18H23BrN2O3/c1-17(2,3)24-16(22)21-9-7-18(4,8-10-21)15-20-13-6-5-12(19)11-14(13)23-15/h5-6,11H,7-10H2,1-4H3. The van der Waals surface area contributed by atoms with Crippen LogP contribution in [0.3, 0.4) is 0 Å². The van der Waals surface area contributed by atoms with Gasteiger partial charge in [-0.15, -0.1) is 0 Å². The molecule has 0 saturated carbocycles. The summed E-state index contributed by atoms with van der Waals surface area (Å²) in [6.45, 7) is 9.10. The second-order valence-corrected chi connectivity index (χ2v) is 8.57. The van der Waals surface area contributed by atoms with E-state index < -0.39 is 5.60 Å². The van der Waals surface area contributed by atoms with Crippen molar-refractivity contribution in [2.24, 2.45) is 0 Å². The first-order valence-electron chi connectivity index (χ1n) is 8.21. The number of aromatic nitrogens is 1. The summed E-state index contributed by atoms with van der Waals surface area (Å²) in [5.74, 6) is 0.749.